The van der Waals surface area contributed by atoms with Crippen LogP contribution in [-0.4, -0.2) is 22.5 Å². The van der Waals surface area contributed by atoms with Crippen LogP contribution in [0.4, 0.5) is 0 Å². The Morgan fingerprint density at radius 2 is 1.42 bits per heavy atom. The van der Waals surface area contributed by atoms with Crippen LogP contribution in [0.15, 0.2) is 53.7 Å². The topological polar surface area (TPSA) is 66.7 Å². The molecular formula is C27H29NO3. The maximum Gasteiger partial charge on any atom is 0.148 e. The van der Waals surface area contributed by atoms with E-state index in [0.717, 1.165) is 16.7 Å². The minimum absolute atomic E-state index is 0.0165. The van der Waals surface area contributed by atoms with Crippen molar-refractivity contribution in [3.63, 3.8) is 0 Å². The Balaban J connectivity index is 1.76. The highest BCUT2D eigenvalue weighted by atomic mass is 16.4. The molecule has 1 fully saturated rings. The zero-order valence-electron chi connectivity index (χ0n) is 18.8. The second-order valence-electron chi connectivity index (χ2n) is 9.93. The van der Waals surface area contributed by atoms with E-state index in [1.165, 1.54) is 11.1 Å². The molecule has 0 atom stereocenters. The summed E-state index contributed by atoms with van der Waals surface area (Å²) in [6, 6.07) is 11.6. The lowest BCUT2D eigenvalue weighted by Crippen LogP contribution is -2.29. The Morgan fingerprint density at radius 3 is 1.94 bits per heavy atom. The van der Waals surface area contributed by atoms with Crippen molar-refractivity contribution in [1.82, 2.24) is 0 Å². The van der Waals surface area contributed by atoms with Gasteiger partial charge in [0.1, 0.15) is 23.2 Å². The third kappa shape index (κ3) is 3.54. The number of carbonyl (C=O) groups excluding carboxylic acids is 2. The molecule has 4 nitrogen and oxygen atoms in total. The molecule has 0 heterocycles. The first kappa shape index (κ1) is 21.2. The lowest BCUT2D eigenvalue weighted by molar-refractivity contribution is -0.123. The summed E-state index contributed by atoms with van der Waals surface area (Å²) in [5.74, 6) is -0.682. The predicted molar refractivity (Wildman–Crippen MR) is 122 cm³/mol. The highest BCUT2D eigenvalue weighted by molar-refractivity contribution is 6.15. The standard InChI is InChI=1S/C27H29NO3/c1-16-14-20-21(27(4,5)13-12-26(20,2)3)15-19(16)25(28-31)18-8-6-17(7-9-18)24-22(29)10-11-23(24)30/h6-9,12-15,24,31H,10-11H2,1-5H3/b28-25+. The van der Waals surface area contributed by atoms with E-state index < -0.39 is 5.92 Å². The average Bonchev–Trinajstić information content (AvgIpc) is 3.06. The van der Waals surface area contributed by atoms with Gasteiger partial charge >= 0.3 is 0 Å². The quantitative estimate of drug-likeness (QED) is 0.241. The van der Waals surface area contributed by atoms with Crippen molar-refractivity contribution in [3.8, 4) is 0 Å². The van der Waals surface area contributed by atoms with Crippen LogP contribution in [0, 0.1) is 6.92 Å². The number of benzene rings is 2. The first-order valence-electron chi connectivity index (χ1n) is 10.8. The minimum atomic E-state index is -0.649. The number of aryl methyl sites for hydroxylation is 1. The van der Waals surface area contributed by atoms with E-state index in [0.29, 0.717) is 24.1 Å². The van der Waals surface area contributed by atoms with Crippen molar-refractivity contribution < 1.29 is 14.8 Å². The molecule has 0 aliphatic heterocycles. The van der Waals surface area contributed by atoms with Crippen LogP contribution in [0.25, 0.3) is 0 Å². The monoisotopic (exact) mass is 415 g/mol. The van der Waals surface area contributed by atoms with E-state index in [9.17, 15) is 14.8 Å². The summed E-state index contributed by atoms with van der Waals surface area (Å²) in [7, 11) is 0. The van der Waals surface area contributed by atoms with Gasteiger partial charge in [-0.2, -0.15) is 0 Å². The van der Waals surface area contributed by atoms with Gasteiger partial charge in [-0.05, 0) is 35.2 Å². The van der Waals surface area contributed by atoms with Gasteiger partial charge < -0.3 is 5.21 Å². The maximum atomic E-state index is 12.1. The molecule has 4 heteroatoms. The van der Waals surface area contributed by atoms with Crippen LogP contribution < -0.4 is 0 Å². The van der Waals surface area contributed by atoms with Crippen LogP contribution in [0.3, 0.4) is 0 Å². The largest absolute Gasteiger partial charge is 0.410 e. The molecule has 2 aromatic rings. The predicted octanol–water partition coefficient (Wildman–Crippen LogP) is 5.36. The molecule has 1 saturated carbocycles. The van der Waals surface area contributed by atoms with Crippen molar-refractivity contribution in [3.05, 3.63) is 81.9 Å². The number of allylic oxidation sites excluding steroid dienone is 2. The fraction of sp³-hybridized carbons (Fsp3) is 0.370. The van der Waals surface area contributed by atoms with Crippen LogP contribution in [0.5, 0.6) is 0 Å². The molecule has 0 saturated heterocycles. The Bertz CT molecular complexity index is 1120. The number of ketones is 2. The zero-order chi connectivity index (χ0) is 22.6. The summed E-state index contributed by atoms with van der Waals surface area (Å²) in [4.78, 5) is 24.2. The molecule has 0 unspecified atom stereocenters. The lowest BCUT2D eigenvalue weighted by atomic mass is 9.67. The van der Waals surface area contributed by atoms with Gasteiger partial charge in [0.05, 0.1) is 0 Å². The number of hydrogen-bond acceptors (Lipinski definition) is 4. The SMILES string of the molecule is Cc1cc2c(cc1/C(=N/O)c1ccc(C3C(=O)CCC3=O)cc1)C(C)(C)C=CC2(C)C. The van der Waals surface area contributed by atoms with E-state index in [4.69, 9.17) is 0 Å². The van der Waals surface area contributed by atoms with Crippen molar-refractivity contribution in [1.29, 1.82) is 0 Å². The smallest absolute Gasteiger partial charge is 0.148 e. The van der Waals surface area contributed by atoms with Crippen molar-refractivity contribution in [2.45, 2.75) is 64.2 Å². The molecule has 0 bridgehead atoms. The Kier molecular flexibility index (Phi) is 5.00. The van der Waals surface area contributed by atoms with Gasteiger partial charge in [-0.3, -0.25) is 9.59 Å². The third-order valence-corrected chi connectivity index (χ3v) is 6.80. The first-order chi connectivity index (χ1) is 14.5. The summed E-state index contributed by atoms with van der Waals surface area (Å²) in [5.41, 5.74) is 6.18. The van der Waals surface area contributed by atoms with Gasteiger partial charge in [-0.1, -0.05) is 75.3 Å². The summed E-state index contributed by atoms with van der Waals surface area (Å²) in [6.07, 6.45) is 5.15. The van der Waals surface area contributed by atoms with Gasteiger partial charge in [0.2, 0.25) is 0 Å². The molecule has 2 aliphatic carbocycles. The minimum Gasteiger partial charge on any atom is -0.410 e. The number of oxime groups is 1. The molecular weight excluding hydrogens is 386 g/mol. The maximum absolute atomic E-state index is 12.1. The molecule has 0 aromatic heterocycles. The Hall–Kier alpha value is -3.01. The molecule has 4 rings (SSSR count). The van der Waals surface area contributed by atoms with E-state index in [1.54, 1.807) is 12.1 Å². The number of Topliss-reactive ketones (excluding diaryl/α,β-unsaturated/α-hetero) is 2. The van der Waals surface area contributed by atoms with Gasteiger partial charge in [0, 0.05) is 34.8 Å². The fourth-order valence-corrected chi connectivity index (χ4v) is 4.81. The summed E-state index contributed by atoms with van der Waals surface area (Å²) >= 11 is 0. The summed E-state index contributed by atoms with van der Waals surface area (Å²) < 4.78 is 0. The zero-order valence-corrected chi connectivity index (χ0v) is 18.8. The van der Waals surface area contributed by atoms with Crippen molar-refractivity contribution >= 4 is 17.3 Å². The third-order valence-electron chi connectivity index (χ3n) is 6.80. The van der Waals surface area contributed by atoms with E-state index >= 15 is 0 Å². The lowest BCUT2D eigenvalue weighted by Gasteiger charge is -2.37. The molecule has 1 N–H and O–H groups in total. The van der Waals surface area contributed by atoms with Gasteiger partial charge in [0.15, 0.2) is 0 Å². The molecule has 0 radical (unpaired) electrons. The van der Waals surface area contributed by atoms with Crippen molar-refractivity contribution in [2.75, 3.05) is 0 Å². The van der Waals surface area contributed by atoms with E-state index in [1.807, 2.05) is 19.1 Å². The van der Waals surface area contributed by atoms with Gasteiger partial charge in [0.25, 0.3) is 0 Å². The highest BCUT2D eigenvalue weighted by Gasteiger charge is 2.35. The second kappa shape index (κ2) is 7.30. The Morgan fingerprint density at radius 1 is 0.903 bits per heavy atom. The average molecular weight is 416 g/mol. The number of hydrogen-bond donors (Lipinski definition) is 1. The molecule has 0 amide bonds. The van der Waals surface area contributed by atoms with Crippen molar-refractivity contribution in [2.24, 2.45) is 5.16 Å². The highest BCUT2D eigenvalue weighted by Crippen LogP contribution is 2.42. The summed E-state index contributed by atoms with van der Waals surface area (Å²) in [6.45, 7) is 10.8. The number of fused-ring (bicyclic) bond motifs is 1. The Labute approximate surface area is 183 Å². The van der Waals surface area contributed by atoms with Crippen LogP contribution in [0.2, 0.25) is 0 Å². The summed E-state index contributed by atoms with van der Waals surface area (Å²) in [5, 5.41) is 13.6. The normalized spacial score (nSPS) is 20.2. The first-order valence-corrected chi connectivity index (χ1v) is 10.8. The van der Waals surface area contributed by atoms with Crippen LogP contribution >= 0.6 is 0 Å². The second-order valence-corrected chi connectivity index (χ2v) is 9.93. The molecule has 2 aliphatic rings. The fourth-order valence-electron chi connectivity index (χ4n) is 4.81. The molecule has 31 heavy (non-hydrogen) atoms. The van der Waals surface area contributed by atoms with E-state index in [-0.39, 0.29) is 22.4 Å². The number of nitrogens with zero attached hydrogens (tertiary/aromatic N) is 1. The molecule has 0 spiro atoms. The number of carbonyl (C=O) groups is 2. The van der Waals surface area contributed by atoms with Gasteiger partial charge in [-0.15, -0.1) is 0 Å². The van der Waals surface area contributed by atoms with Crippen LogP contribution in [-0.2, 0) is 20.4 Å². The molecule has 160 valence electrons. The number of rotatable bonds is 3. The molecule has 2 aromatic carbocycles. The van der Waals surface area contributed by atoms with Gasteiger partial charge in [-0.25, -0.2) is 0 Å². The van der Waals surface area contributed by atoms with E-state index in [2.05, 4.69) is 57.1 Å². The van der Waals surface area contributed by atoms with Crippen LogP contribution in [0.1, 0.15) is 79.8 Å².